The molecular weight excluding hydrogens is 444 g/mol. The van der Waals surface area contributed by atoms with Gasteiger partial charge in [0.2, 0.25) is 0 Å². The number of amides is 2. The smallest absolute Gasteiger partial charge is 0.289 e. The summed E-state index contributed by atoms with van der Waals surface area (Å²) in [5.41, 5.74) is 1.27. The minimum Gasteiger partial charge on any atom is -0.457 e. The van der Waals surface area contributed by atoms with E-state index in [0.717, 1.165) is 5.56 Å². The van der Waals surface area contributed by atoms with Gasteiger partial charge in [-0.25, -0.2) is 13.8 Å². The molecule has 34 heavy (non-hydrogen) atoms. The van der Waals surface area contributed by atoms with Gasteiger partial charge in [-0.2, -0.15) is 0 Å². The second-order valence-corrected chi connectivity index (χ2v) is 7.84. The van der Waals surface area contributed by atoms with Crippen molar-refractivity contribution in [1.29, 1.82) is 0 Å². The third-order valence-corrected chi connectivity index (χ3v) is 4.99. The van der Waals surface area contributed by atoms with Crippen molar-refractivity contribution in [2.24, 2.45) is 0 Å². The van der Waals surface area contributed by atoms with Crippen LogP contribution in [0.2, 0.25) is 0 Å². The van der Waals surface area contributed by atoms with Crippen LogP contribution in [0.1, 0.15) is 38.5 Å². The lowest BCUT2D eigenvalue weighted by atomic mass is 10.1. The van der Waals surface area contributed by atoms with Crippen molar-refractivity contribution in [1.82, 2.24) is 9.88 Å². The molecule has 0 aliphatic rings. The van der Waals surface area contributed by atoms with E-state index in [-0.39, 0.29) is 39.9 Å². The number of halogens is 2. The molecule has 0 fully saturated rings. The Balaban J connectivity index is 1.73. The van der Waals surface area contributed by atoms with Gasteiger partial charge in [0.15, 0.2) is 5.76 Å². The lowest BCUT2D eigenvalue weighted by Gasteiger charge is -2.10. The number of rotatable bonds is 6. The van der Waals surface area contributed by atoms with Crippen molar-refractivity contribution in [2.45, 2.75) is 13.3 Å². The number of alkyl halides is 2. The molecule has 2 amide bonds. The number of fused-ring (bicyclic) bond motifs is 1. The second kappa shape index (κ2) is 9.30. The van der Waals surface area contributed by atoms with Gasteiger partial charge in [-0.3, -0.25) is 9.59 Å². The molecule has 7 nitrogen and oxygen atoms in total. The molecule has 0 saturated carbocycles. The number of anilines is 1. The van der Waals surface area contributed by atoms with E-state index < -0.39 is 12.3 Å². The highest BCUT2D eigenvalue weighted by Crippen LogP contribution is 2.35. The van der Waals surface area contributed by atoms with E-state index in [1.54, 1.807) is 26.4 Å². The number of carbonyl (C=O) groups excluding carboxylic acids is 2. The van der Waals surface area contributed by atoms with Crippen molar-refractivity contribution in [3.05, 3.63) is 83.2 Å². The van der Waals surface area contributed by atoms with Crippen molar-refractivity contribution in [2.75, 3.05) is 19.4 Å². The zero-order valence-corrected chi connectivity index (χ0v) is 18.6. The van der Waals surface area contributed by atoms with Crippen molar-refractivity contribution in [3.8, 4) is 11.5 Å². The van der Waals surface area contributed by atoms with Crippen LogP contribution < -0.4 is 10.1 Å². The van der Waals surface area contributed by atoms with Gasteiger partial charge in [-0.1, -0.05) is 6.07 Å². The summed E-state index contributed by atoms with van der Waals surface area (Å²) in [5, 5.41) is 3.16. The molecule has 0 unspecified atom stereocenters. The molecule has 0 aliphatic heterocycles. The van der Waals surface area contributed by atoms with Crippen molar-refractivity contribution >= 4 is 28.6 Å². The monoisotopic (exact) mass is 465 g/mol. The van der Waals surface area contributed by atoms with Crippen LogP contribution >= 0.6 is 0 Å². The molecule has 2 aromatic carbocycles. The number of nitrogens with zero attached hydrogens (tertiary/aromatic N) is 2. The van der Waals surface area contributed by atoms with Crippen LogP contribution in [0.15, 0.2) is 65.2 Å². The Morgan fingerprint density at radius 3 is 2.41 bits per heavy atom. The van der Waals surface area contributed by atoms with E-state index in [1.165, 1.54) is 47.4 Å². The van der Waals surface area contributed by atoms with Crippen LogP contribution in [0.5, 0.6) is 11.5 Å². The lowest BCUT2D eigenvalue weighted by Crippen LogP contribution is -2.20. The number of aryl methyl sites for hydroxylation is 1. The molecule has 4 rings (SSSR count). The number of benzene rings is 2. The van der Waals surface area contributed by atoms with E-state index in [4.69, 9.17) is 9.15 Å². The SMILES string of the molecule is Cc1ccc(NC(=O)c2cc(Oc3ccc(C(F)F)cc3)c3cc(C(=O)N(C)C)oc3c2)nc1. The van der Waals surface area contributed by atoms with E-state index in [1.807, 2.05) is 13.0 Å². The maximum absolute atomic E-state index is 12.9. The summed E-state index contributed by atoms with van der Waals surface area (Å²) in [4.78, 5) is 30.8. The Kier molecular flexibility index (Phi) is 6.27. The van der Waals surface area contributed by atoms with Gasteiger partial charge >= 0.3 is 0 Å². The largest absolute Gasteiger partial charge is 0.457 e. The molecule has 0 spiro atoms. The zero-order chi connectivity index (χ0) is 24.4. The first-order chi connectivity index (χ1) is 16.2. The molecule has 0 bridgehead atoms. The number of nitrogens with one attached hydrogen (secondary N) is 1. The average Bonchev–Trinajstić information content (AvgIpc) is 3.25. The van der Waals surface area contributed by atoms with Crippen LogP contribution in [0.4, 0.5) is 14.6 Å². The topological polar surface area (TPSA) is 84.7 Å². The van der Waals surface area contributed by atoms with Crippen molar-refractivity contribution in [3.63, 3.8) is 0 Å². The summed E-state index contributed by atoms with van der Waals surface area (Å²) in [6.07, 6.45) is -0.973. The Bertz CT molecular complexity index is 1350. The van der Waals surface area contributed by atoms with Gasteiger partial charge in [0.05, 0.1) is 5.39 Å². The van der Waals surface area contributed by atoms with Gasteiger partial charge in [0.25, 0.3) is 18.2 Å². The van der Waals surface area contributed by atoms with Gasteiger partial charge in [0, 0.05) is 37.5 Å². The first-order valence-electron chi connectivity index (χ1n) is 10.3. The Labute approximate surface area is 194 Å². The summed E-state index contributed by atoms with van der Waals surface area (Å²) in [6, 6.07) is 13.3. The molecule has 0 aliphatic carbocycles. The maximum Gasteiger partial charge on any atom is 0.289 e. The van der Waals surface area contributed by atoms with Crippen LogP contribution in [-0.4, -0.2) is 35.8 Å². The van der Waals surface area contributed by atoms with Crippen LogP contribution in [0.25, 0.3) is 11.0 Å². The van der Waals surface area contributed by atoms with Gasteiger partial charge in [-0.05, 0) is 55.0 Å². The van der Waals surface area contributed by atoms with Gasteiger partial charge in [-0.15, -0.1) is 0 Å². The first kappa shape index (κ1) is 22.9. The number of hydrogen-bond acceptors (Lipinski definition) is 5. The van der Waals surface area contributed by atoms with E-state index in [0.29, 0.717) is 11.2 Å². The molecule has 0 saturated heterocycles. The fraction of sp³-hybridized carbons (Fsp3) is 0.160. The van der Waals surface area contributed by atoms with Crippen LogP contribution in [-0.2, 0) is 0 Å². The summed E-state index contributed by atoms with van der Waals surface area (Å²) in [5.74, 6) is 0.113. The first-order valence-corrected chi connectivity index (χ1v) is 10.3. The van der Waals surface area contributed by atoms with E-state index in [2.05, 4.69) is 10.3 Å². The minimum atomic E-state index is -2.60. The predicted octanol–water partition coefficient (Wildman–Crippen LogP) is 5.82. The summed E-state index contributed by atoms with van der Waals surface area (Å²) >= 11 is 0. The number of furan rings is 1. The normalized spacial score (nSPS) is 11.0. The second-order valence-electron chi connectivity index (χ2n) is 7.84. The number of ether oxygens (including phenoxy) is 1. The Hall–Kier alpha value is -4.27. The molecule has 2 aromatic heterocycles. The average molecular weight is 465 g/mol. The van der Waals surface area contributed by atoms with E-state index in [9.17, 15) is 18.4 Å². The highest BCUT2D eigenvalue weighted by Gasteiger charge is 2.20. The third kappa shape index (κ3) is 4.88. The molecule has 9 heteroatoms. The van der Waals surface area contributed by atoms with Gasteiger partial charge in [0.1, 0.15) is 22.9 Å². The molecule has 0 atom stereocenters. The van der Waals surface area contributed by atoms with Crippen molar-refractivity contribution < 1.29 is 27.5 Å². The molecule has 4 aromatic rings. The predicted molar refractivity (Wildman–Crippen MR) is 123 cm³/mol. The van der Waals surface area contributed by atoms with Crippen LogP contribution in [0, 0.1) is 6.92 Å². The fourth-order valence-corrected chi connectivity index (χ4v) is 3.19. The van der Waals surface area contributed by atoms with Gasteiger partial charge < -0.3 is 19.4 Å². The Morgan fingerprint density at radius 1 is 1.06 bits per heavy atom. The van der Waals surface area contributed by atoms with E-state index >= 15 is 0 Å². The highest BCUT2D eigenvalue weighted by molar-refractivity contribution is 6.07. The third-order valence-electron chi connectivity index (χ3n) is 4.99. The lowest BCUT2D eigenvalue weighted by molar-refractivity contribution is 0.0799. The number of hydrogen-bond donors (Lipinski definition) is 1. The molecule has 174 valence electrons. The minimum absolute atomic E-state index is 0.0654. The molecule has 1 N–H and O–H groups in total. The summed E-state index contributed by atoms with van der Waals surface area (Å²) in [6.45, 7) is 1.88. The molecular formula is C25H21F2N3O4. The highest BCUT2D eigenvalue weighted by atomic mass is 19.3. The number of carbonyl (C=O) groups is 2. The summed E-state index contributed by atoms with van der Waals surface area (Å²) in [7, 11) is 3.18. The van der Waals surface area contributed by atoms with Crippen LogP contribution in [0.3, 0.4) is 0 Å². The quantitative estimate of drug-likeness (QED) is 0.388. The summed E-state index contributed by atoms with van der Waals surface area (Å²) < 4.78 is 37.4. The Morgan fingerprint density at radius 2 is 1.79 bits per heavy atom. The molecule has 2 heterocycles. The zero-order valence-electron chi connectivity index (χ0n) is 18.6. The number of pyridine rings is 1. The number of aromatic nitrogens is 1. The standard InChI is InChI=1S/C25H21F2N3O4/c1-14-4-9-22(28-13-14)29-24(31)16-10-19(33-17-7-5-15(6-8-17)23(26)27)18-12-21(25(32)30(2)3)34-20(18)11-16/h4-13,23H,1-3H3,(H,28,29,31). The fourth-order valence-electron chi connectivity index (χ4n) is 3.19. The maximum atomic E-state index is 12.9. The molecule has 0 radical (unpaired) electrons.